The van der Waals surface area contributed by atoms with Gasteiger partial charge >= 0.3 is 5.97 Å². The lowest BCUT2D eigenvalue weighted by atomic mass is 10.1. The topological polar surface area (TPSA) is 104 Å². The Morgan fingerprint density at radius 3 is 2.90 bits per heavy atom. The highest BCUT2D eigenvalue weighted by Crippen LogP contribution is 2.22. The molecule has 0 bridgehead atoms. The fourth-order valence-electron chi connectivity index (χ4n) is 2.63. The summed E-state index contributed by atoms with van der Waals surface area (Å²) in [6, 6.07) is 6.17. The largest absolute Gasteiger partial charge is 0.480 e. The van der Waals surface area contributed by atoms with Crippen LogP contribution in [0, 0.1) is 0 Å². The van der Waals surface area contributed by atoms with E-state index in [9.17, 15) is 14.7 Å². The maximum Gasteiger partial charge on any atom is 0.326 e. The van der Waals surface area contributed by atoms with Gasteiger partial charge in [0.1, 0.15) is 11.7 Å². The summed E-state index contributed by atoms with van der Waals surface area (Å²) in [6.07, 6.45) is -0.794. The van der Waals surface area contributed by atoms with Crippen molar-refractivity contribution in [2.24, 2.45) is 0 Å². The third-order valence-electron chi connectivity index (χ3n) is 3.66. The molecule has 1 amide bonds. The second-order valence-electron chi connectivity index (χ2n) is 5.09. The van der Waals surface area contributed by atoms with E-state index < -0.39 is 18.1 Å². The van der Waals surface area contributed by atoms with E-state index in [0.717, 1.165) is 5.39 Å². The first-order chi connectivity index (χ1) is 10.1. The molecule has 1 aliphatic rings. The van der Waals surface area contributed by atoms with Crippen molar-refractivity contribution in [1.29, 1.82) is 0 Å². The molecule has 1 saturated heterocycles. The number of hydrogen-bond acceptors (Lipinski definition) is 5. The van der Waals surface area contributed by atoms with Crippen LogP contribution in [0.1, 0.15) is 12.1 Å². The molecule has 0 aliphatic carbocycles. The molecule has 1 fully saturated rings. The van der Waals surface area contributed by atoms with Crippen LogP contribution in [0.5, 0.6) is 0 Å². The Kier molecular flexibility index (Phi) is 3.34. The normalized spacial score (nSPS) is 21.9. The molecule has 2 N–H and O–H groups in total. The Bertz CT molecular complexity index is 695. The number of aliphatic carboxylic acids is 1. The molecule has 2 aromatic rings. The molecule has 110 valence electrons. The van der Waals surface area contributed by atoms with E-state index >= 15 is 0 Å². The van der Waals surface area contributed by atoms with Gasteiger partial charge in [-0.15, -0.1) is 0 Å². The zero-order valence-electron chi connectivity index (χ0n) is 11.1. The van der Waals surface area contributed by atoms with Crippen molar-refractivity contribution in [3.8, 4) is 0 Å². The van der Waals surface area contributed by atoms with Gasteiger partial charge in [-0.25, -0.2) is 4.79 Å². The molecule has 3 rings (SSSR count). The van der Waals surface area contributed by atoms with Crippen molar-refractivity contribution in [2.45, 2.75) is 25.0 Å². The summed E-state index contributed by atoms with van der Waals surface area (Å²) in [5.74, 6) is -1.48. The van der Waals surface area contributed by atoms with Gasteiger partial charge in [-0.2, -0.15) is 0 Å². The summed E-state index contributed by atoms with van der Waals surface area (Å²) < 4.78 is 5.12. The number of nitrogens with zero attached hydrogens (tertiary/aromatic N) is 2. The molecule has 2 atom stereocenters. The quantitative estimate of drug-likeness (QED) is 0.849. The Morgan fingerprint density at radius 1 is 1.38 bits per heavy atom. The average Bonchev–Trinajstić information content (AvgIpc) is 3.03. The molecule has 1 aromatic heterocycles. The number of carbonyl (C=O) groups is 2. The van der Waals surface area contributed by atoms with Gasteiger partial charge in [0.25, 0.3) is 0 Å². The number of carbonyl (C=O) groups excluding carboxylic acids is 1. The van der Waals surface area contributed by atoms with Crippen LogP contribution < -0.4 is 0 Å². The van der Waals surface area contributed by atoms with Crippen LogP contribution in [-0.4, -0.2) is 50.8 Å². The van der Waals surface area contributed by atoms with Crippen molar-refractivity contribution >= 4 is 22.8 Å². The number of carboxylic acids is 1. The number of carboxylic acid groups (broad SMARTS) is 1. The Balaban J connectivity index is 1.81. The van der Waals surface area contributed by atoms with Gasteiger partial charge in [0.15, 0.2) is 5.58 Å². The summed E-state index contributed by atoms with van der Waals surface area (Å²) in [5, 5.41) is 23.3. The molecule has 21 heavy (non-hydrogen) atoms. The number of para-hydroxylation sites is 1. The predicted octanol–water partition coefficient (Wildman–Crippen LogP) is 0.417. The molecule has 0 radical (unpaired) electrons. The lowest BCUT2D eigenvalue weighted by molar-refractivity contribution is -0.148. The lowest BCUT2D eigenvalue weighted by Gasteiger charge is -2.20. The van der Waals surface area contributed by atoms with Crippen molar-refractivity contribution in [1.82, 2.24) is 10.1 Å². The van der Waals surface area contributed by atoms with E-state index in [1.807, 2.05) is 6.07 Å². The highest BCUT2D eigenvalue weighted by atomic mass is 16.5. The van der Waals surface area contributed by atoms with E-state index in [2.05, 4.69) is 5.16 Å². The van der Waals surface area contributed by atoms with Gasteiger partial charge in [-0.3, -0.25) is 4.79 Å². The smallest absolute Gasteiger partial charge is 0.326 e. The highest BCUT2D eigenvalue weighted by molar-refractivity contribution is 5.89. The van der Waals surface area contributed by atoms with Crippen LogP contribution in [0.3, 0.4) is 0 Å². The van der Waals surface area contributed by atoms with Crippen molar-refractivity contribution in [2.75, 3.05) is 6.54 Å². The number of β-amino-alcohol motifs (C(OH)–C–C–N with tert-alkyl or cyclic N) is 1. The minimum Gasteiger partial charge on any atom is -0.480 e. The van der Waals surface area contributed by atoms with Gasteiger partial charge < -0.3 is 19.6 Å². The standard InChI is InChI=1S/C14H14N2O5/c17-8-5-11(14(19)20)16(7-8)13(18)6-10-9-3-1-2-4-12(9)21-15-10/h1-4,8,11,17H,5-7H2,(H,19,20)/t8-,11-/m0/s1. The first-order valence-corrected chi connectivity index (χ1v) is 6.60. The van der Waals surface area contributed by atoms with E-state index in [4.69, 9.17) is 9.63 Å². The molecular formula is C14H14N2O5. The van der Waals surface area contributed by atoms with Crippen LogP contribution in [-0.2, 0) is 16.0 Å². The maximum absolute atomic E-state index is 12.3. The van der Waals surface area contributed by atoms with Gasteiger partial charge in [-0.1, -0.05) is 17.3 Å². The lowest BCUT2D eigenvalue weighted by Crippen LogP contribution is -2.41. The van der Waals surface area contributed by atoms with Gasteiger partial charge in [0.2, 0.25) is 5.91 Å². The third kappa shape index (κ3) is 2.47. The van der Waals surface area contributed by atoms with Crippen LogP contribution in [0.25, 0.3) is 11.0 Å². The first kappa shape index (κ1) is 13.6. The summed E-state index contributed by atoms with van der Waals surface area (Å²) >= 11 is 0. The third-order valence-corrected chi connectivity index (χ3v) is 3.66. The molecule has 1 aromatic carbocycles. The van der Waals surface area contributed by atoms with Crippen molar-refractivity contribution in [3.63, 3.8) is 0 Å². The number of rotatable bonds is 3. The minimum atomic E-state index is -1.11. The van der Waals surface area contributed by atoms with E-state index in [1.54, 1.807) is 18.2 Å². The van der Waals surface area contributed by atoms with Crippen LogP contribution in [0.2, 0.25) is 0 Å². The van der Waals surface area contributed by atoms with E-state index in [-0.39, 0.29) is 25.3 Å². The molecule has 0 unspecified atom stereocenters. The van der Waals surface area contributed by atoms with Crippen LogP contribution in [0.15, 0.2) is 28.8 Å². The number of likely N-dealkylation sites (tertiary alicyclic amines) is 1. The summed E-state index contributed by atoms with van der Waals surface area (Å²) in [6.45, 7) is 0.0333. The van der Waals surface area contributed by atoms with Crippen LogP contribution in [0.4, 0.5) is 0 Å². The zero-order valence-corrected chi connectivity index (χ0v) is 11.1. The Labute approximate surface area is 119 Å². The van der Waals surface area contributed by atoms with Crippen molar-refractivity contribution < 1.29 is 24.3 Å². The number of benzene rings is 1. The van der Waals surface area contributed by atoms with Gasteiger partial charge in [0.05, 0.1) is 12.5 Å². The van der Waals surface area contributed by atoms with Gasteiger partial charge in [-0.05, 0) is 12.1 Å². The second-order valence-corrected chi connectivity index (χ2v) is 5.09. The number of fused-ring (bicyclic) bond motifs is 1. The summed E-state index contributed by atoms with van der Waals surface area (Å²) in [7, 11) is 0. The van der Waals surface area contributed by atoms with Crippen molar-refractivity contribution in [3.05, 3.63) is 30.0 Å². The Morgan fingerprint density at radius 2 is 2.14 bits per heavy atom. The van der Waals surface area contributed by atoms with Gasteiger partial charge in [0, 0.05) is 18.4 Å². The molecule has 1 aliphatic heterocycles. The van der Waals surface area contributed by atoms with Crippen LogP contribution >= 0.6 is 0 Å². The molecule has 0 spiro atoms. The van der Waals surface area contributed by atoms with E-state index in [1.165, 1.54) is 4.90 Å². The monoisotopic (exact) mass is 290 g/mol. The molecule has 2 heterocycles. The Hall–Kier alpha value is -2.41. The number of aliphatic hydroxyl groups is 1. The summed E-state index contributed by atoms with van der Waals surface area (Å²) in [4.78, 5) is 24.6. The minimum absolute atomic E-state index is 0.0333. The molecule has 7 heteroatoms. The average molecular weight is 290 g/mol. The number of hydrogen-bond donors (Lipinski definition) is 2. The fraction of sp³-hybridized carbons (Fsp3) is 0.357. The van der Waals surface area contributed by atoms with E-state index in [0.29, 0.717) is 11.3 Å². The SMILES string of the molecule is O=C(O)[C@@H]1C[C@H](O)CN1C(=O)Cc1noc2ccccc12. The molecule has 0 saturated carbocycles. The molecule has 7 nitrogen and oxygen atoms in total. The fourth-order valence-corrected chi connectivity index (χ4v) is 2.63. The second kappa shape index (κ2) is 5.17. The predicted molar refractivity (Wildman–Crippen MR) is 71.5 cm³/mol. The number of amides is 1. The number of aromatic nitrogens is 1. The molecular weight excluding hydrogens is 276 g/mol. The first-order valence-electron chi connectivity index (χ1n) is 6.60. The highest BCUT2D eigenvalue weighted by Gasteiger charge is 2.39. The zero-order chi connectivity index (χ0) is 15.0. The maximum atomic E-state index is 12.3. The summed E-state index contributed by atoms with van der Waals surface area (Å²) in [5.41, 5.74) is 1.05. The number of aliphatic hydroxyl groups excluding tert-OH is 1.